The fraction of sp³-hybridized carbons (Fsp3) is 0.429. The molecule has 4 heterocycles. The van der Waals surface area contributed by atoms with Crippen LogP contribution >= 0.6 is 11.3 Å². The molecule has 30 heavy (non-hydrogen) atoms. The van der Waals surface area contributed by atoms with Gasteiger partial charge in [-0.2, -0.15) is 5.10 Å². The number of anilines is 1. The third-order valence-corrected chi connectivity index (χ3v) is 5.97. The number of hydrogen-bond donors (Lipinski definition) is 1. The van der Waals surface area contributed by atoms with Crippen molar-refractivity contribution < 1.29 is 9.53 Å². The summed E-state index contributed by atoms with van der Waals surface area (Å²) >= 11 is 1.49. The molecule has 8 nitrogen and oxygen atoms in total. The molecule has 0 saturated carbocycles. The molecule has 0 radical (unpaired) electrons. The second-order valence-corrected chi connectivity index (χ2v) is 8.20. The summed E-state index contributed by atoms with van der Waals surface area (Å²) in [4.78, 5) is 23.1. The Bertz CT molecular complexity index is 950. The number of nitrogens with zero attached hydrogens (tertiary/aromatic N) is 5. The van der Waals surface area contributed by atoms with Crippen LogP contribution in [0.1, 0.15) is 25.0 Å². The summed E-state index contributed by atoms with van der Waals surface area (Å²) < 4.78 is 6.96. The Morgan fingerprint density at radius 2 is 2.20 bits per heavy atom. The van der Waals surface area contributed by atoms with E-state index in [-0.39, 0.29) is 12.7 Å². The Morgan fingerprint density at radius 3 is 2.93 bits per heavy atom. The van der Waals surface area contributed by atoms with Gasteiger partial charge in [0.25, 0.3) is 0 Å². The van der Waals surface area contributed by atoms with Gasteiger partial charge in [0.2, 0.25) is 0 Å². The second-order valence-electron chi connectivity index (χ2n) is 7.49. The fourth-order valence-electron chi connectivity index (χ4n) is 3.64. The Morgan fingerprint density at radius 1 is 1.33 bits per heavy atom. The van der Waals surface area contributed by atoms with Crippen LogP contribution in [-0.4, -0.2) is 45.5 Å². The van der Waals surface area contributed by atoms with E-state index in [0.717, 1.165) is 55.1 Å². The highest BCUT2D eigenvalue weighted by Gasteiger charge is 2.20. The van der Waals surface area contributed by atoms with Crippen LogP contribution in [0.2, 0.25) is 0 Å². The fourth-order valence-corrected chi connectivity index (χ4v) is 4.19. The summed E-state index contributed by atoms with van der Waals surface area (Å²) in [6.07, 6.45) is 6.59. The largest absolute Gasteiger partial charge is 0.443 e. The van der Waals surface area contributed by atoms with Gasteiger partial charge in [0.05, 0.1) is 23.1 Å². The van der Waals surface area contributed by atoms with E-state index in [4.69, 9.17) is 9.72 Å². The lowest BCUT2D eigenvalue weighted by Gasteiger charge is -2.33. The average molecular weight is 427 g/mol. The molecule has 0 atom stereocenters. The molecule has 0 aliphatic carbocycles. The predicted molar refractivity (Wildman–Crippen MR) is 116 cm³/mol. The molecule has 1 saturated heterocycles. The van der Waals surface area contributed by atoms with E-state index in [1.165, 1.54) is 11.3 Å². The number of aryl methyl sites for hydroxylation is 1. The van der Waals surface area contributed by atoms with Gasteiger partial charge in [-0.15, -0.1) is 11.3 Å². The standard InChI is InChI=1S/C21H26N6O2S/c1-26-12-17(11-24-26)19-3-2-4-20(25-19)27-9-6-16(7-10-27)5-8-22-21(28)29-13-18-14-30-15-23-18/h2-4,11-12,14-16H,5-10,13H2,1H3,(H,22,28). The summed E-state index contributed by atoms with van der Waals surface area (Å²) in [5.41, 5.74) is 4.49. The van der Waals surface area contributed by atoms with E-state index in [9.17, 15) is 4.79 Å². The van der Waals surface area contributed by atoms with E-state index >= 15 is 0 Å². The lowest BCUT2D eigenvalue weighted by molar-refractivity contribution is 0.137. The molecule has 1 N–H and O–H groups in total. The monoisotopic (exact) mass is 426 g/mol. The van der Waals surface area contributed by atoms with Gasteiger partial charge in [0.1, 0.15) is 12.4 Å². The number of carbonyl (C=O) groups is 1. The van der Waals surface area contributed by atoms with Crippen molar-refractivity contribution in [2.75, 3.05) is 24.5 Å². The van der Waals surface area contributed by atoms with Crippen molar-refractivity contribution in [3.63, 3.8) is 0 Å². The molecule has 4 rings (SSSR count). The van der Waals surface area contributed by atoms with Gasteiger partial charge in [0.15, 0.2) is 0 Å². The summed E-state index contributed by atoms with van der Waals surface area (Å²) in [7, 11) is 1.91. The van der Waals surface area contributed by atoms with Crippen molar-refractivity contribution in [1.82, 2.24) is 25.1 Å². The van der Waals surface area contributed by atoms with Gasteiger partial charge in [-0.3, -0.25) is 4.68 Å². The van der Waals surface area contributed by atoms with Crippen molar-refractivity contribution in [3.05, 3.63) is 47.2 Å². The van der Waals surface area contributed by atoms with Crippen LogP contribution in [0.5, 0.6) is 0 Å². The number of hydrogen-bond acceptors (Lipinski definition) is 7. The minimum absolute atomic E-state index is 0.221. The number of rotatable bonds is 7. The van der Waals surface area contributed by atoms with Gasteiger partial charge in [-0.25, -0.2) is 14.8 Å². The molecule has 0 unspecified atom stereocenters. The lowest BCUT2D eigenvalue weighted by atomic mass is 9.93. The van der Waals surface area contributed by atoms with Gasteiger partial charge >= 0.3 is 6.09 Å². The number of piperidine rings is 1. The molecule has 1 aliphatic rings. The Labute approximate surface area is 179 Å². The highest BCUT2D eigenvalue weighted by molar-refractivity contribution is 7.07. The first-order chi connectivity index (χ1) is 14.7. The van der Waals surface area contributed by atoms with E-state index in [1.54, 1.807) is 10.2 Å². The summed E-state index contributed by atoms with van der Waals surface area (Å²) in [5, 5.41) is 8.95. The zero-order valence-corrected chi connectivity index (χ0v) is 17.8. The molecule has 0 bridgehead atoms. The van der Waals surface area contributed by atoms with Crippen LogP contribution in [0, 0.1) is 5.92 Å². The molecule has 9 heteroatoms. The third-order valence-electron chi connectivity index (χ3n) is 5.33. The molecule has 0 aromatic carbocycles. The summed E-state index contributed by atoms with van der Waals surface area (Å²) in [6.45, 7) is 2.80. The maximum atomic E-state index is 11.8. The van der Waals surface area contributed by atoms with E-state index in [0.29, 0.717) is 12.5 Å². The first kappa shape index (κ1) is 20.3. The van der Waals surface area contributed by atoms with Crippen LogP contribution < -0.4 is 10.2 Å². The zero-order chi connectivity index (χ0) is 20.8. The smallest absolute Gasteiger partial charge is 0.407 e. The van der Waals surface area contributed by atoms with Crippen molar-refractivity contribution >= 4 is 23.2 Å². The maximum Gasteiger partial charge on any atom is 0.407 e. The number of nitrogens with one attached hydrogen (secondary N) is 1. The number of alkyl carbamates (subject to hydrolysis) is 1. The topological polar surface area (TPSA) is 85.2 Å². The minimum Gasteiger partial charge on any atom is -0.443 e. The highest BCUT2D eigenvalue weighted by Crippen LogP contribution is 2.26. The Balaban J connectivity index is 1.19. The van der Waals surface area contributed by atoms with Gasteiger partial charge in [0, 0.05) is 43.8 Å². The number of carbonyl (C=O) groups excluding carboxylic acids is 1. The average Bonchev–Trinajstić information content (AvgIpc) is 3.45. The first-order valence-electron chi connectivity index (χ1n) is 10.2. The number of pyridine rings is 1. The van der Waals surface area contributed by atoms with E-state index in [1.807, 2.05) is 30.9 Å². The zero-order valence-electron chi connectivity index (χ0n) is 17.0. The Hall–Kier alpha value is -2.94. The van der Waals surface area contributed by atoms with Crippen molar-refractivity contribution in [2.24, 2.45) is 13.0 Å². The number of amides is 1. The van der Waals surface area contributed by atoms with Crippen LogP contribution in [0.25, 0.3) is 11.3 Å². The third kappa shape index (κ3) is 5.35. The van der Waals surface area contributed by atoms with E-state index < -0.39 is 0 Å². The molecular weight excluding hydrogens is 400 g/mol. The lowest BCUT2D eigenvalue weighted by Crippen LogP contribution is -2.35. The quantitative estimate of drug-likeness (QED) is 0.623. The SMILES string of the molecule is Cn1cc(-c2cccc(N3CCC(CCNC(=O)OCc4cscn4)CC3)n2)cn1. The first-order valence-corrected chi connectivity index (χ1v) is 11.1. The van der Waals surface area contributed by atoms with E-state index in [2.05, 4.69) is 32.4 Å². The van der Waals surface area contributed by atoms with Crippen LogP contribution in [0.4, 0.5) is 10.6 Å². The molecule has 1 amide bonds. The molecule has 1 aliphatic heterocycles. The summed E-state index contributed by atoms with van der Waals surface area (Å²) in [5.74, 6) is 1.61. The molecular formula is C21H26N6O2S. The van der Waals surface area contributed by atoms with Crippen LogP contribution in [-0.2, 0) is 18.4 Å². The predicted octanol–water partition coefficient (Wildman–Crippen LogP) is 3.47. The number of thiazole rings is 1. The molecule has 3 aromatic heterocycles. The number of aromatic nitrogens is 4. The highest BCUT2D eigenvalue weighted by atomic mass is 32.1. The number of ether oxygens (including phenoxy) is 1. The normalized spacial score (nSPS) is 14.6. The maximum absolute atomic E-state index is 11.8. The van der Waals surface area contributed by atoms with Crippen molar-refractivity contribution in [3.8, 4) is 11.3 Å². The molecule has 3 aromatic rings. The van der Waals surface area contributed by atoms with Gasteiger partial charge in [-0.05, 0) is 37.3 Å². The van der Waals surface area contributed by atoms with Crippen LogP contribution in [0.15, 0.2) is 41.5 Å². The minimum atomic E-state index is -0.378. The molecule has 0 spiro atoms. The molecule has 1 fully saturated rings. The Kier molecular flexibility index (Phi) is 6.58. The van der Waals surface area contributed by atoms with Crippen molar-refractivity contribution in [2.45, 2.75) is 25.9 Å². The van der Waals surface area contributed by atoms with Gasteiger partial charge in [-0.1, -0.05) is 6.07 Å². The van der Waals surface area contributed by atoms with Crippen LogP contribution in [0.3, 0.4) is 0 Å². The second kappa shape index (κ2) is 9.71. The van der Waals surface area contributed by atoms with Gasteiger partial charge < -0.3 is 15.0 Å². The molecule has 158 valence electrons. The summed E-state index contributed by atoms with van der Waals surface area (Å²) in [6, 6.07) is 6.14. The van der Waals surface area contributed by atoms with Crippen molar-refractivity contribution in [1.29, 1.82) is 0 Å².